The maximum atomic E-state index is 13.5. The first kappa shape index (κ1) is 60.8. The number of carbonyl (C=O) groups is 4. The zero-order valence-electron chi connectivity index (χ0n) is 43.7. The molecule has 0 amide bonds. The normalized spacial score (nSPS) is 28.7. The van der Waals surface area contributed by atoms with Gasteiger partial charge in [-0.1, -0.05) is 24.3 Å². The Balaban J connectivity index is 1.13. The van der Waals surface area contributed by atoms with Crippen LogP contribution in [0.25, 0.3) is 18.2 Å². The van der Waals surface area contributed by atoms with Gasteiger partial charge in [-0.25, -0.2) is 9.59 Å². The molecule has 28 nitrogen and oxygen atoms in total. The predicted molar refractivity (Wildman–Crippen MR) is 275 cm³/mol. The summed E-state index contributed by atoms with van der Waals surface area (Å²) in [5.41, 5.74) is 0.908. The van der Waals surface area contributed by atoms with E-state index in [1.165, 1.54) is 93.1 Å². The molecule has 1 unspecified atom stereocenters. The number of rotatable bonds is 20. The Morgan fingerprint density at radius 2 is 1.20 bits per heavy atom. The maximum Gasteiger partial charge on any atom is 0.331 e. The summed E-state index contributed by atoms with van der Waals surface area (Å²) >= 11 is 0. The van der Waals surface area contributed by atoms with Gasteiger partial charge >= 0.3 is 23.9 Å². The highest BCUT2D eigenvalue weighted by Gasteiger charge is 2.52. The Morgan fingerprint density at radius 3 is 1.86 bits per heavy atom. The molecule has 4 aliphatic heterocycles. The number of benzene rings is 4. The number of hydrogen-bond acceptors (Lipinski definition) is 27. The van der Waals surface area contributed by atoms with Crippen molar-refractivity contribution in [3.63, 3.8) is 0 Å². The number of carboxylic acid groups (broad SMARTS) is 1. The lowest BCUT2D eigenvalue weighted by molar-refractivity contribution is -0.353. The van der Waals surface area contributed by atoms with E-state index in [2.05, 4.69) is 0 Å². The molecule has 0 saturated carbocycles. The number of phenolic OH excluding ortho intramolecular Hbond substituents is 4. The molecule has 4 aromatic rings. The molecule has 4 heterocycles. The third-order valence-corrected chi connectivity index (χ3v) is 13.2. The van der Waals surface area contributed by atoms with Gasteiger partial charge in [0.2, 0.25) is 18.3 Å². The van der Waals surface area contributed by atoms with Crippen molar-refractivity contribution in [3.05, 3.63) is 113 Å². The molecule has 28 heteroatoms. The quantitative estimate of drug-likeness (QED) is 0.0240. The molecule has 0 spiro atoms. The number of carbonyl (C=O) groups excluding carboxylic acids is 3. The lowest BCUT2D eigenvalue weighted by Crippen LogP contribution is -2.63. The van der Waals surface area contributed by atoms with Gasteiger partial charge in [0.05, 0.1) is 26.4 Å². The van der Waals surface area contributed by atoms with Gasteiger partial charge in [0.25, 0.3) is 0 Å². The number of phenols is 4. The molecule has 12 N–H and O–H groups in total. The highest BCUT2D eigenvalue weighted by molar-refractivity contribution is 5.90. The Labute approximate surface area is 469 Å². The highest BCUT2D eigenvalue weighted by Crippen LogP contribution is 2.46. The minimum Gasteiger partial charge on any atom is -0.508 e. The lowest BCUT2D eigenvalue weighted by Gasteiger charge is -2.45. The van der Waals surface area contributed by atoms with Crippen LogP contribution in [-0.2, 0) is 57.1 Å². The fourth-order valence-corrected chi connectivity index (χ4v) is 8.82. The molecule has 0 bridgehead atoms. The lowest BCUT2D eigenvalue weighted by atomic mass is 9.97. The second kappa shape index (κ2) is 26.8. The average molecular weight is 1170 g/mol. The van der Waals surface area contributed by atoms with Gasteiger partial charge in [-0.3, -0.25) is 9.59 Å². The van der Waals surface area contributed by atoms with E-state index in [1.54, 1.807) is 0 Å². The maximum absolute atomic E-state index is 13.5. The molecule has 83 heavy (non-hydrogen) atoms. The highest BCUT2D eigenvalue weighted by atomic mass is 16.8. The van der Waals surface area contributed by atoms with Crippen LogP contribution in [0, 0.1) is 0 Å². The SMILES string of the molecule is COc1cc(/C=C/C(=O)O[C@@H]2[C@H](O[C@H]3[C@H](OC4=Cc5c(cc(O)cc5O[C@@H]5O[C@@H](COC(=O)CC(=O)O)[C@@H](O)[C@H](O)[C@H]5O)OC4c4ccc(O)cc4)O[C@@H](COC(=O)/C=C/c4ccc(O)cc4)[C@@H](O)[C@H]3O)OC[C@H](O)[C@@H]2O)cc(OC)c1O. The fourth-order valence-electron chi connectivity index (χ4n) is 8.82. The third kappa shape index (κ3) is 14.7. The van der Waals surface area contributed by atoms with E-state index in [4.69, 9.17) is 61.9 Å². The van der Waals surface area contributed by atoms with Gasteiger partial charge in [-0.05, 0) is 65.8 Å². The number of aliphatic hydroxyl groups is 7. The van der Waals surface area contributed by atoms with Crippen LogP contribution in [-0.4, -0.2) is 205 Å². The van der Waals surface area contributed by atoms with Crippen LogP contribution in [0.1, 0.15) is 34.8 Å². The summed E-state index contributed by atoms with van der Waals surface area (Å²) in [5.74, 6) is -6.70. The van der Waals surface area contributed by atoms with Gasteiger partial charge in [0.1, 0.15) is 109 Å². The molecule has 446 valence electrons. The predicted octanol–water partition coefficient (Wildman–Crippen LogP) is 0.0135. The van der Waals surface area contributed by atoms with Crippen LogP contribution in [0.5, 0.6) is 46.0 Å². The Bertz CT molecular complexity index is 3010. The van der Waals surface area contributed by atoms with E-state index in [0.717, 1.165) is 24.3 Å². The summed E-state index contributed by atoms with van der Waals surface area (Å²) in [6, 6.07) is 16.1. The topological polar surface area (TPSA) is 422 Å². The van der Waals surface area contributed by atoms with Crippen molar-refractivity contribution in [3.8, 4) is 46.0 Å². The molecule has 0 aromatic heterocycles. The number of carboxylic acids is 1. The molecule has 4 aliphatic rings. The minimum atomic E-state index is -2.11. The van der Waals surface area contributed by atoms with Crippen molar-refractivity contribution in [2.24, 2.45) is 0 Å². The number of esters is 3. The largest absolute Gasteiger partial charge is 0.508 e. The van der Waals surface area contributed by atoms with Gasteiger partial charge in [-0.2, -0.15) is 0 Å². The zero-order valence-corrected chi connectivity index (χ0v) is 43.7. The molecule has 8 rings (SSSR count). The first-order chi connectivity index (χ1) is 39.6. The summed E-state index contributed by atoms with van der Waals surface area (Å²) in [5, 5.41) is 128. The van der Waals surface area contributed by atoms with Gasteiger partial charge in [-0.15, -0.1) is 0 Å². The van der Waals surface area contributed by atoms with Crippen molar-refractivity contribution in [2.45, 2.75) is 98.5 Å². The molecule has 0 aliphatic carbocycles. The standard InChI is InChI=1S/C55H58O28/c1-72-34-15-25(16-35(73-2)44(34)66)6-14-41(63)82-51-43(65)31(59)21-76-54(51)83-52-48(70)46(68)38(22-74-40(62)13-5-24-3-9-27(56)10-4-24)81-55(52)79-36-19-30-32(77-50(36)26-7-11-28(57)12-8-26)17-29(58)18-33(30)78-53-49(71)47(69)45(67)37(80-53)23-75-42(64)20-39(60)61/h3-19,31,37-38,43,45-59,65-71H,20-23H2,1-2H3,(H,60,61)/b13-5+,14-6+/t31-,37-,38-,43-,45+,46+,47-,48+,49+,50?,51-,52+,53+,54-,55+/m0/s1. The number of aliphatic hydroxyl groups excluding tert-OH is 7. The zero-order chi connectivity index (χ0) is 59.8. The molecular formula is C55H58O28. The van der Waals surface area contributed by atoms with Gasteiger partial charge in [0, 0.05) is 29.8 Å². The van der Waals surface area contributed by atoms with Crippen LogP contribution in [0.2, 0.25) is 0 Å². The van der Waals surface area contributed by atoms with Crippen LogP contribution >= 0.6 is 0 Å². The number of hydrogen-bond donors (Lipinski definition) is 12. The molecule has 3 fully saturated rings. The summed E-state index contributed by atoms with van der Waals surface area (Å²) in [6.07, 6.45) is -23.3. The van der Waals surface area contributed by atoms with Crippen LogP contribution in [0.15, 0.2) is 90.7 Å². The van der Waals surface area contributed by atoms with E-state index < -0.39 is 148 Å². The van der Waals surface area contributed by atoms with E-state index in [-0.39, 0.29) is 62.7 Å². The van der Waals surface area contributed by atoms with Crippen molar-refractivity contribution in [1.82, 2.24) is 0 Å². The molecule has 15 atom stereocenters. The van der Waals surface area contributed by atoms with E-state index in [1.807, 2.05) is 0 Å². The second-order valence-electron chi connectivity index (χ2n) is 18.9. The smallest absolute Gasteiger partial charge is 0.331 e. The van der Waals surface area contributed by atoms with E-state index in [9.17, 15) is 75.3 Å². The molecule has 3 saturated heterocycles. The van der Waals surface area contributed by atoms with Crippen molar-refractivity contribution >= 4 is 42.1 Å². The molecule has 4 aromatic carbocycles. The first-order valence-corrected chi connectivity index (χ1v) is 25.2. The molecular weight excluding hydrogens is 1110 g/mol. The summed E-state index contributed by atoms with van der Waals surface area (Å²) in [6.45, 7) is -2.22. The average Bonchev–Trinajstić information content (AvgIpc) is 3.42. The summed E-state index contributed by atoms with van der Waals surface area (Å²) in [7, 11) is 2.57. The number of methoxy groups -OCH3 is 2. The number of ether oxygens (including phenoxy) is 12. The fraction of sp³-hybridized carbons (Fsp3) is 0.382. The summed E-state index contributed by atoms with van der Waals surface area (Å²) in [4.78, 5) is 49.6. The van der Waals surface area contributed by atoms with Crippen LogP contribution in [0.4, 0.5) is 0 Å². The third-order valence-electron chi connectivity index (χ3n) is 13.2. The monoisotopic (exact) mass is 1170 g/mol. The van der Waals surface area contributed by atoms with E-state index in [0.29, 0.717) is 5.56 Å². The van der Waals surface area contributed by atoms with Crippen LogP contribution < -0.4 is 18.9 Å². The van der Waals surface area contributed by atoms with Crippen molar-refractivity contribution in [1.29, 1.82) is 0 Å². The van der Waals surface area contributed by atoms with E-state index >= 15 is 0 Å². The van der Waals surface area contributed by atoms with Crippen molar-refractivity contribution < 1.29 is 137 Å². The van der Waals surface area contributed by atoms with Gasteiger partial charge in [0.15, 0.2) is 36.1 Å². The minimum absolute atomic E-state index is 0.00715. The number of fused-ring (bicyclic) bond motifs is 1. The van der Waals surface area contributed by atoms with Crippen molar-refractivity contribution in [2.75, 3.05) is 34.0 Å². The second-order valence-corrected chi connectivity index (χ2v) is 18.9. The Morgan fingerprint density at radius 1 is 0.602 bits per heavy atom. The van der Waals surface area contributed by atoms with Gasteiger partial charge < -0.3 is 118 Å². The number of aliphatic carboxylic acids is 1. The summed E-state index contributed by atoms with van der Waals surface area (Å²) < 4.78 is 69.0. The molecule has 0 radical (unpaired) electrons. The van der Waals surface area contributed by atoms with Crippen LogP contribution in [0.3, 0.4) is 0 Å². The Hall–Kier alpha value is -8.26. The first-order valence-electron chi connectivity index (χ1n) is 25.2. The Kier molecular flexibility index (Phi) is 19.6. The number of aromatic hydroxyl groups is 4.